The first-order valence-corrected chi connectivity index (χ1v) is 11.3. The molecule has 1 N–H and O–H groups in total. The van der Waals surface area contributed by atoms with Crippen molar-refractivity contribution in [3.8, 4) is 11.1 Å². The fourth-order valence-electron chi connectivity index (χ4n) is 3.57. The second-order valence-corrected chi connectivity index (χ2v) is 8.48. The van der Waals surface area contributed by atoms with E-state index in [1.165, 1.54) is 29.3 Å². The molecule has 1 atom stereocenters. The molecule has 1 amide bonds. The minimum absolute atomic E-state index is 0.0113. The van der Waals surface area contributed by atoms with Gasteiger partial charge in [0.15, 0.2) is 6.04 Å². The summed E-state index contributed by atoms with van der Waals surface area (Å²) in [5.74, 6) is -0.929. The van der Waals surface area contributed by atoms with Gasteiger partial charge in [0.2, 0.25) is 5.91 Å². The normalized spacial score (nSPS) is 11.8. The predicted octanol–water partition coefficient (Wildman–Crippen LogP) is 3.85. The Morgan fingerprint density at radius 3 is 2.55 bits per heavy atom. The molecule has 168 valence electrons. The molecule has 2 aromatic carbocycles. The number of methoxy groups -OCH3 is 1. The predicted molar refractivity (Wildman–Crippen MR) is 128 cm³/mol. The number of aromatic nitrogens is 2. The summed E-state index contributed by atoms with van der Waals surface area (Å²) in [5, 5.41) is 5.18. The Kier molecular flexibility index (Phi) is 6.65. The molecule has 4 rings (SSSR count). The Bertz CT molecular complexity index is 1340. The number of benzene rings is 2. The van der Waals surface area contributed by atoms with Crippen LogP contribution in [0.5, 0.6) is 0 Å². The molecule has 0 spiro atoms. The van der Waals surface area contributed by atoms with Gasteiger partial charge in [0, 0.05) is 23.9 Å². The SMILES string of the molecule is COC(=O)C(NC(=O)CCn1cnc2scc(-c3ccc(C)cc3)c2c1=O)c1ccccc1. The molecular formula is C25H23N3O4S. The minimum atomic E-state index is -0.911. The van der Waals surface area contributed by atoms with Gasteiger partial charge in [-0.05, 0) is 18.1 Å². The van der Waals surface area contributed by atoms with E-state index in [0.29, 0.717) is 15.8 Å². The van der Waals surface area contributed by atoms with E-state index in [-0.39, 0.29) is 24.4 Å². The number of esters is 1. The second kappa shape index (κ2) is 9.79. The molecule has 0 radical (unpaired) electrons. The molecule has 0 aliphatic rings. The van der Waals surface area contributed by atoms with Crippen molar-refractivity contribution in [1.82, 2.24) is 14.9 Å². The Labute approximate surface area is 194 Å². The number of thiophene rings is 1. The highest BCUT2D eigenvalue weighted by Crippen LogP contribution is 2.30. The summed E-state index contributed by atoms with van der Waals surface area (Å²) in [7, 11) is 1.28. The third-order valence-corrected chi connectivity index (χ3v) is 6.26. The summed E-state index contributed by atoms with van der Waals surface area (Å²) in [6.07, 6.45) is 1.47. The first kappa shape index (κ1) is 22.4. The average molecular weight is 462 g/mol. The number of nitrogens with zero attached hydrogens (tertiary/aromatic N) is 2. The monoisotopic (exact) mass is 461 g/mol. The summed E-state index contributed by atoms with van der Waals surface area (Å²) in [6, 6.07) is 15.9. The van der Waals surface area contributed by atoms with E-state index >= 15 is 0 Å². The van der Waals surface area contributed by atoms with Crippen LogP contribution in [0, 0.1) is 6.92 Å². The molecule has 0 saturated carbocycles. The van der Waals surface area contributed by atoms with Crippen LogP contribution in [-0.4, -0.2) is 28.5 Å². The average Bonchev–Trinajstić information content (AvgIpc) is 3.27. The maximum Gasteiger partial charge on any atom is 0.333 e. The highest BCUT2D eigenvalue weighted by atomic mass is 32.1. The van der Waals surface area contributed by atoms with E-state index in [1.54, 1.807) is 24.3 Å². The van der Waals surface area contributed by atoms with Crippen LogP contribution in [0.2, 0.25) is 0 Å². The van der Waals surface area contributed by atoms with Gasteiger partial charge in [-0.1, -0.05) is 60.2 Å². The van der Waals surface area contributed by atoms with Crippen LogP contribution >= 0.6 is 11.3 Å². The molecule has 4 aromatic rings. The van der Waals surface area contributed by atoms with Gasteiger partial charge in [-0.2, -0.15) is 0 Å². The number of carbonyl (C=O) groups is 2. The van der Waals surface area contributed by atoms with Crippen LogP contribution < -0.4 is 10.9 Å². The molecule has 0 bridgehead atoms. The summed E-state index contributed by atoms with van der Waals surface area (Å²) in [6.45, 7) is 2.15. The number of amides is 1. The van der Waals surface area contributed by atoms with Crippen LogP contribution in [0.4, 0.5) is 0 Å². The minimum Gasteiger partial charge on any atom is -0.467 e. The van der Waals surface area contributed by atoms with E-state index in [0.717, 1.165) is 16.7 Å². The maximum atomic E-state index is 13.2. The Hall–Kier alpha value is -3.78. The molecule has 2 heterocycles. The molecule has 2 aromatic heterocycles. The van der Waals surface area contributed by atoms with Crippen LogP contribution in [0.3, 0.4) is 0 Å². The lowest BCUT2D eigenvalue weighted by Gasteiger charge is -2.17. The van der Waals surface area contributed by atoms with Crippen molar-refractivity contribution in [2.24, 2.45) is 0 Å². The molecule has 8 heteroatoms. The molecule has 0 aliphatic carbocycles. The number of hydrogen-bond donors (Lipinski definition) is 1. The molecular weight excluding hydrogens is 438 g/mol. The van der Waals surface area contributed by atoms with Crippen LogP contribution in [0.25, 0.3) is 21.3 Å². The van der Waals surface area contributed by atoms with Gasteiger partial charge in [0.25, 0.3) is 5.56 Å². The van der Waals surface area contributed by atoms with Gasteiger partial charge in [-0.3, -0.25) is 14.2 Å². The number of hydrogen-bond acceptors (Lipinski definition) is 6. The van der Waals surface area contributed by atoms with Crippen molar-refractivity contribution >= 4 is 33.4 Å². The van der Waals surface area contributed by atoms with E-state index in [1.807, 2.05) is 42.6 Å². The van der Waals surface area contributed by atoms with Crippen LogP contribution in [0.1, 0.15) is 23.6 Å². The first-order valence-electron chi connectivity index (χ1n) is 10.4. The van der Waals surface area contributed by atoms with Crippen molar-refractivity contribution < 1.29 is 14.3 Å². The number of nitrogens with one attached hydrogen (secondary N) is 1. The summed E-state index contributed by atoms with van der Waals surface area (Å²) in [5.41, 5.74) is 3.35. The van der Waals surface area contributed by atoms with Crippen molar-refractivity contribution in [1.29, 1.82) is 0 Å². The number of carbonyl (C=O) groups excluding carboxylic acids is 2. The molecule has 1 unspecified atom stereocenters. The zero-order chi connectivity index (χ0) is 23.4. The van der Waals surface area contributed by atoms with E-state index in [2.05, 4.69) is 10.3 Å². The van der Waals surface area contributed by atoms with E-state index in [9.17, 15) is 14.4 Å². The second-order valence-electron chi connectivity index (χ2n) is 7.62. The molecule has 0 fully saturated rings. The van der Waals surface area contributed by atoms with Crippen molar-refractivity contribution in [2.75, 3.05) is 7.11 Å². The van der Waals surface area contributed by atoms with Crippen molar-refractivity contribution in [2.45, 2.75) is 25.9 Å². The topological polar surface area (TPSA) is 90.3 Å². The van der Waals surface area contributed by atoms with Gasteiger partial charge >= 0.3 is 5.97 Å². The molecule has 0 saturated heterocycles. The maximum absolute atomic E-state index is 13.2. The van der Waals surface area contributed by atoms with Gasteiger partial charge in [-0.25, -0.2) is 9.78 Å². The van der Waals surface area contributed by atoms with E-state index in [4.69, 9.17) is 4.74 Å². The lowest BCUT2D eigenvalue weighted by Crippen LogP contribution is -2.35. The Morgan fingerprint density at radius 1 is 1.12 bits per heavy atom. The lowest BCUT2D eigenvalue weighted by molar-refractivity contribution is -0.145. The third kappa shape index (κ3) is 4.85. The largest absolute Gasteiger partial charge is 0.467 e. The van der Waals surface area contributed by atoms with Crippen LogP contribution in [0.15, 0.2) is 71.1 Å². The first-order chi connectivity index (χ1) is 16.0. The Morgan fingerprint density at radius 2 is 1.85 bits per heavy atom. The fraction of sp³-hybridized carbons (Fsp3) is 0.200. The number of aryl methyl sites for hydroxylation is 2. The fourth-order valence-corrected chi connectivity index (χ4v) is 4.48. The van der Waals surface area contributed by atoms with Crippen LogP contribution in [-0.2, 0) is 20.9 Å². The highest BCUT2D eigenvalue weighted by molar-refractivity contribution is 7.17. The third-order valence-electron chi connectivity index (χ3n) is 5.38. The smallest absolute Gasteiger partial charge is 0.333 e. The zero-order valence-electron chi connectivity index (χ0n) is 18.3. The molecule has 7 nitrogen and oxygen atoms in total. The number of ether oxygens (including phenoxy) is 1. The van der Waals surface area contributed by atoms with Gasteiger partial charge in [0.05, 0.1) is 18.8 Å². The van der Waals surface area contributed by atoms with Crippen molar-refractivity contribution in [3.05, 3.63) is 87.8 Å². The number of fused-ring (bicyclic) bond motifs is 1. The van der Waals surface area contributed by atoms with Gasteiger partial charge in [-0.15, -0.1) is 11.3 Å². The summed E-state index contributed by atoms with van der Waals surface area (Å²) in [4.78, 5) is 43.1. The molecule has 0 aliphatic heterocycles. The number of rotatable bonds is 7. The van der Waals surface area contributed by atoms with Gasteiger partial charge < -0.3 is 10.1 Å². The summed E-state index contributed by atoms with van der Waals surface area (Å²) >= 11 is 1.42. The standard InChI is InChI=1S/C25H23N3O4S/c1-16-8-10-17(11-9-16)19-14-33-23-21(19)24(30)28(15-26-23)13-12-20(29)27-22(25(31)32-2)18-6-4-3-5-7-18/h3-11,14-15,22H,12-13H2,1-2H3,(H,27,29). The molecule has 33 heavy (non-hydrogen) atoms. The summed E-state index contributed by atoms with van der Waals surface area (Å²) < 4.78 is 6.27. The zero-order valence-corrected chi connectivity index (χ0v) is 19.1. The Balaban J connectivity index is 1.53. The quantitative estimate of drug-likeness (QED) is 0.422. The van der Waals surface area contributed by atoms with Crippen molar-refractivity contribution in [3.63, 3.8) is 0 Å². The lowest BCUT2D eigenvalue weighted by atomic mass is 10.1. The highest BCUT2D eigenvalue weighted by Gasteiger charge is 2.23. The van der Waals surface area contributed by atoms with Gasteiger partial charge in [0.1, 0.15) is 4.83 Å². The van der Waals surface area contributed by atoms with E-state index < -0.39 is 12.0 Å².